The standard InChI is InChI=1S/C26H55NO/c1-3-5-7-9-11-13-15-17-19-21-23-26(27-25-28)24-22-20-18-16-14-12-10-8-6-4-2/h26-28H,3-25H2,1-2H3. The van der Waals surface area contributed by atoms with Crippen LogP contribution >= 0.6 is 0 Å². The van der Waals surface area contributed by atoms with E-state index in [2.05, 4.69) is 19.2 Å². The second-order valence-corrected chi connectivity index (χ2v) is 9.00. The van der Waals surface area contributed by atoms with Crippen molar-refractivity contribution in [3.05, 3.63) is 0 Å². The molecule has 28 heavy (non-hydrogen) atoms. The van der Waals surface area contributed by atoms with Crippen molar-refractivity contribution < 1.29 is 5.11 Å². The largest absolute Gasteiger partial charge is 0.381 e. The maximum absolute atomic E-state index is 9.25. The van der Waals surface area contributed by atoms with Gasteiger partial charge in [-0.15, -0.1) is 0 Å². The van der Waals surface area contributed by atoms with E-state index in [1.807, 2.05) is 0 Å². The van der Waals surface area contributed by atoms with E-state index in [0.717, 1.165) is 0 Å². The van der Waals surface area contributed by atoms with Crippen molar-refractivity contribution in [2.24, 2.45) is 0 Å². The normalized spacial score (nSPS) is 11.6. The molecule has 0 aromatic heterocycles. The van der Waals surface area contributed by atoms with Crippen molar-refractivity contribution in [1.29, 1.82) is 0 Å². The first-order valence-corrected chi connectivity index (χ1v) is 13.2. The topological polar surface area (TPSA) is 32.3 Å². The minimum atomic E-state index is 0.139. The van der Waals surface area contributed by atoms with Crippen molar-refractivity contribution >= 4 is 0 Å². The molecule has 0 fully saturated rings. The first-order valence-electron chi connectivity index (χ1n) is 13.2. The summed E-state index contributed by atoms with van der Waals surface area (Å²) in [6.07, 6.45) is 30.5. The van der Waals surface area contributed by atoms with Crippen LogP contribution in [0.25, 0.3) is 0 Å². The maximum atomic E-state index is 9.25. The molecular weight excluding hydrogens is 342 g/mol. The summed E-state index contributed by atoms with van der Waals surface area (Å²) in [6, 6.07) is 0.535. The van der Waals surface area contributed by atoms with E-state index in [4.69, 9.17) is 0 Å². The van der Waals surface area contributed by atoms with Gasteiger partial charge in [-0.2, -0.15) is 0 Å². The molecule has 0 aliphatic rings. The van der Waals surface area contributed by atoms with Crippen LogP contribution in [0.2, 0.25) is 0 Å². The van der Waals surface area contributed by atoms with Crippen molar-refractivity contribution in [2.75, 3.05) is 6.73 Å². The molecule has 0 bridgehead atoms. The zero-order chi connectivity index (χ0) is 20.5. The summed E-state index contributed by atoms with van der Waals surface area (Å²) in [5, 5.41) is 12.5. The second kappa shape index (κ2) is 25.0. The average molecular weight is 398 g/mol. The molecule has 0 spiro atoms. The number of hydrogen-bond donors (Lipinski definition) is 2. The highest BCUT2D eigenvalue weighted by molar-refractivity contribution is 4.65. The molecule has 0 unspecified atom stereocenters. The molecule has 0 aliphatic heterocycles. The fraction of sp³-hybridized carbons (Fsp3) is 1.00. The van der Waals surface area contributed by atoms with E-state index in [9.17, 15) is 5.11 Å². The SMILES string of the molecule is CCCCCCCCCCCCC(CCCCCCCCCCCC)NCO. The fourth-order valence-electron chi connectivity index (χ4n) is 4.23. The third-order valence-electron chi connectivity index (χ3n) is 6.19. The van der Waals surface area contributed by atoms with Gasteiger partial charge in [0.25, 0.3) is 0 Å². The predicted octanol–water partition coefficient (Wildman–Crippen LogP) is 8.52. The lowest BCUT2D eigenvalue weighted by molar-refractivity contribution is 0.229. The first kappa shape index (κ1) is 27.9. The monoisotopic (exact) mass is 397 g/mol. The highest BCUT2D eigenvalue weighted by atomic mass is 16.3. The number of nitrogens with one attached hydrogen (secondary N) is 1. The fourth-order valence-corrected chi connectivity index (χ4v) is 4.23. The van der Waals surface area contributed by atoms with E-state index >= 15 is 0 Å². The van der Waals surface area contributed by atoms with Gasteiger partial charge >= 0.3 is 0 Å². The molecule has 0 heterocycles. The average Bonchev–Trinajstić information content (AvgIpc) is 2.70. The Balaban J connectivity index is 3.41. The van der Waals surface area contributed by atoms with Gasteiger partial charge in [0.05, 0.1) is 6.73 Å². The van der Waals surface area contributed by atoms with Crippen LogP contribution in [-0.4, -0.2) is 17.9 Å². The molecule has 0 aromatic carbocycles. The Morgan fingerprint density at radius 1 is 0.464 bits per heavy atom. The van der Waals surface area contributed by atoms with Gasteiger partial charge in [0.1, 0.15) is 0 Å². The number of aliphatic hydroxyl groups is 1. The van der Waals surface area contributed by atoms with Crippen LogP contribution in [0.1, 0.15) is 155 Å². The molecule has 0 radical (unpaired) electrons. The summed E-state index contributed by atoms with van der Waals surface area (Å²) in [6.45, 7) is 4.71. The number of aliphatic hydroxyl groups excluding tert-OH is 1. The highest BCUT2D eigenvalue weighted by Crippen LogP contribution is 2.16. The van der Waals surface area contributed by atoms with Gasteiger partial charge in [0.2, 0.25) is 0 Å². The van der Waals surface area contributed by atoms with Crippen LogP contribution in [-0.2, 0) is 0 Å². The van der Waals surface area contributed by atoms with Crippen molar-refractivity contribution in [3.8, 4) is 0 Å². The quantitative estimate of drug-likeness (QED) is 0.126. The van der Waals surface area contributed by atoms with Crippen LogP contribution in [0.15, 0.2) is 0 Å². The van der Waals surface area contributed by atoms with Crippen LogP contribution in [0.4, 0.5) is 0 Å². The molecule has 0 rings (SSSR count). The molecule has 0 amide bonds. The molecule has 2 nitrogen and oxygen atoms in total. The maximum Gasteiger partial charge on any atom is 0.0933 e. The third-order valence-corrected chi connectivity index (χ3v) is 6.19. The predicted molar refractivity (Wildman–Crippen MR) is 127 cm³/mol. The highest BCUT2D eigenvalue weighted by Gasteiger charge is 2.07. The Morgan fingerprint density at radius 3 is 1.04 bits per heavy atom. The van der Waals surface area contributed by atoms with Crippen LogP contribution in [0.3, 0.4) is 0 Å². The molecule has 2 heteroatoms. The van der Waals surface area contributed by atoms with Crippen LogP contribution < -0.4 is 5.32 Å². The summed E-state index contributed by atoms with van der Waals surface area (Å²) in [7, 11) is 0. The van der Waals surface area contributed by atoms with Gasteiger partial charge in [0.15, 0.2) is 0 Å². The van der Waals surface area contributed by atoms with E-state index in [-0.39, 0.29) is 6.73 Å². The zero-order valence-electron chi connectivity index (χ0n) is 19.8. The second-order valence-electron chi connectivity index (χ2n) is 9.00. The zero-order valence-corrected chi connectivity index (χ0v) is 19.8. The summed E-state index contributed by atoms with van der Waals surface area (Å²) >= 11 is 0. The number of unbranched alkanes of at least 4 members (excludes halogenated alkanes) is 18. The van der Waals surface area contributed by atoms with Crippen molar-refractivity contribution in [1.82, 2.24) is 5.32 Å². The molecular formula is C26H55NO. The molecule has 0 atom stereocenters. The van der Waals surface area contributed by atoms with Gasteiger partial charge in [0, 0.05) is 6.04 Å². The van der Waals surface area contributed by atoms with Gasteiger partial charge in [-0.3, -0.25) is 5.32 Å². The first-order chi connectivity index (χ1) is 13.8. The molecule has 2 N–H and O–H groups in total. The smallest absolute Gasteiger partial charge is 0.0933 e. The third kappa shape index (κ3) is 22.2. The lowest BCUT2D eigenvalue weighted by atomic mass is 9.99. The van der Waals surface area contributed by atoms with E-state index in [1.165, 1.54) is 141 Å². The number of rotatable bonds is 24. The van der Waals surface area contributed by atoms with Gasteiger partial charge in [-0.1, -0.05) is 142 Å². The molecule has 0 saturated heterocycles. The molecule has 0 aromatic rings. The number of hydrogen-bond acceptors (Lipinski definition) is 2. The van der Waals surface area contributed by atoms with Crippen LogP contribution in [0, 0.1) is 0 Å². The minimum Gasteiger partial charge on any atom is -0.381 e. The van der Waals surface area contributed by atoms with Crippen molar-refractivity contribution in [2.45, 2.75) is 161 Å². The summed E-state index contributed by atoms with van der Waals surface area (Å²) in [5.41, 5.74) is 0. The van der Waals surface area contributed by atoms with Gasteiger partial charge in [-0.25, -0.2) is 0 Å². The summed E-state index contributed by atoms with van der Waals surface area (Å²) < 4.78 is 0. The van der Waals surface area contributed by atoms with Crippen molar-refractivity contribution in [3.63, 3.8) is 0 Å². The summed E-state index contributed by atoms with van der Waals surface area (Å²) in [5.74, 6) is 0. The summed E-state index contributed by atoms with van der Waals surface area (Å²) in [4.78, 5) is 0. The Bertz CT molecular complexity index is 245. The van der Waals surface area contributed by atoms with Crippen LogP contribution in [0.5, 0.6) is 0 Å². The minimum absolute atomic E-state index is 0.139. The Kier molecular flexibility index (Phi) is 24.9. The Hall–Kier alpha value is -0.0800. The van der Waals surface area contributed by atoms with Gasteiger partial charge < -0.3 is 5.11 Å². The lowest BCUT2D eigenvalue weighted by Gasteiger charge is -2.17. The van der Waals surface area contributed by atoms with E-state index in [0.29, 0.717) is 6.04 Å². The molecule has 0 saturated carbocycles. The van der Waals surface area contributed by atoms with E-state index < -0.39 is 0 Å². The Labute approximate surface area is 178 Å². The Morgan fingerprint density at radius 2 is 0.750 bits per heavy atom. The molecule has 170 valence electrons. The lowest BCUT2D eigenvalue weighted by Crippen LogP contribution is -2.29. The van der Waals surface area contributed by atoms with Gasteiger partial charge in [-0.05, 0) is 12.8 Å². The molecule has 0 aliphatic carbocycles. The van der Waals surface area contributed by atoms with E-state index in [1.54, 1.807) is 0 Å².